The van der Waals surface area contributed by atoms with Crippen molar-refractivity contribution >= 4 is 63.9 Å². The number of methoxy groups -OCH3 is 3. The van der Waals surface area contributed by atoms with Gasteiger partial charge in [-0.3, -0.25) is 4.79 Å². The van der Waals surface area contributed by atoms with Gasteiger partial charge in [-0.15, -0.1) is 0 Å². The van der Waals surface area contributed by atoms with Gasteiger partial charge in [0.2, 0.25) is 0 Å². The molecule has 0 aliphatic carbocycles. The molecular formula is C64H86BrN4O5PPd. The molecule has 0 atom stereocenters. The molecule has 3 N–H and O–H groups in total. The zero-order valence-electron chi connectivity index (χ0n) is 46.4. The molecule has 7 aromatic rings. The zero-order chi connectivity index (χ0) is 54.6. The van der Waals surface area contributed by atoms with Crippen molar-refractivity contribution in [3.8, 4) is 17.2 Å². The van der Waals surface area contributed by atoms with Gasteiger partial charge in [0.1, 0.15) is 17.2 Å². The topological polar surface area (TPSA) is 95.5 Å². The minimum Gasteiger partial charge on any atom is -0.497 e. The van der Waals surface area contributed by atoms with Crippen LogP contribution in [0.2, 0.25) is 0 Å². The standard InChI is InChI=1S/C28H28N2O2.C14H16N2.C12H27P.C7H7BrO.C2H4O2.CH4.Pd/c1-31-27-17-13-25(14-18-27)29(23-9-5-3-6-10-23)21-22-30(24-11-7-4-8-12-24)26-15-19-28(32-2)20-16-26;1-3-7-13(8-4-1)15-11-12-16-14-9-5-2-6-10-14;1-10(2,3)13(11(4,5)6)12(7,8)9;1-9-7-4-2-6(8)3-5-7;1-2(3)4;;/h3-20H,21-22H2,1-2H3;1-10,15-16H,11-12H2;1-9H3;2-5H,1H3;1H3,(H,3,4);1H4;. The molecule has 0 aliphatic rings. The van der Waals surface area contributed by atoms with E-state index in [1.807, 2.05) is 97.1 Å². The van der Waals surface area contributed by atoms with Crippen molar-refractivity contribution in [2.45, 2.75) is 92.1 Å². The SMILES string of the molecule is C.CC(=O)O.CC(C)(C)P(C(C)(C)C)C(C)(C)C.COc1ccc(Br)cc1.COc1ccc(N(CCN(c2ccccc2)c2ccc(OC)cc2)c2ccccc2)cc1.[Pd].c1ccc(NCCNc2ccccc2)cc1. The van der Waals surface area contributed by atoms with E-state index in [1.54, 1.807) is 21.3 Å². The second-order valence-electron chi connectivity index (χ2n) is 20.0. The number of rotatable bonds is 15. The predicted octanol–water partition coefficient (Wildman–Crippen LogP) is 17.9. The number of carbonyl (C=O) groups is 1. The number of anilines is 6. The minimum atomic E-state index is -0.833. The molecule has 9 nitrogen and oxygen atoms in total. The maximum Gasteiger partial charge on any atom is 0.300 e. The molecule has 7 rings (SSSR count). The van der Waals surface area contributed by atoms with Gasteiger partial charge in [0, 0.05) is 92.1 Å². The Labute approximate surface area is 481 Å². The summed E-state index contributed by atoms with van der Waals surface area (Å²) in [6.45, 7) is 26.0. The normalized spacial score (nSPS) is 10.5. The quantitative estimate of drug-likeness (QED) is 0.0527. The average Bonchev–Trinajstić information content (AvgIpc) is 3.37. The second-order valence-corrected chi connectivity index (χ2v) is 25.6. The fourth-order valence-corrected chi connectivity index (χ4v) is 15.2. The third-order valence-corrected chi connectivity index (χ3v) is 15.4. The first-order valence-electron chi connectivity index (χ1n) is 25.0. The van der Waals surface area contributed by atoms with E-state index < -0.39 is 5.97 Å². The minimum absolute atomic E-state index is 0. The van der Waals surface area contributed by atoms with E-state index in [4.69, 9.17) is 24.1 Å². The van der Waals surface area contributed by atoms with Crippen molar-refractivity contribution in [3.63, 3.8) is 0 Å². The number of benzene rings is 7. The molecule has 0 aromatic heterocycles. The summed E-state index contributed by atoms with van der Waals surface area (Å²) in [4.78, 5) is 13.7. The van der Waals surface area contributed by atoms with Crippen molar-refractivity contribution in [1.82, 2.24) is 0 Å². The number of carboxylic acid groups (broad SMARTS) is 1. The molecule has 0 saturated carbocycles. The number of halogens is 1. The summed E-state index contributed by atoms with van der Waals surface area (Å²) in [6.07, 6.45) is 0. The Bertz CT molecular complexity index is 2390. The summed E-state index contributed by atoms with van der Waals surface area (Å²) in [7, 11) is 5.05. The van der Waals surface area contributed by atoms with Gasteiger partial charge in [0.25, 0.3) is 5.97 Å². The van der Waals surface area contributed by atoms with Crippen molar-refractivity contribution in [3.05, 3.63) is 199 Å². The summed E-state index contributed by atoms with van der Waals surface area (Å²) in [5.41, 5.74) is 6.88. The third-order valence-electron chi connectivity index (χ3n) is 10.8. The van der Waals surface area contributed by atoms with Crippen LogP contribution < -0.4 is 34.6 Å². The van der Waals surface area contributed by atoms with Crippen LogP contribution in [0.1, 0.15) is 76.7 Å². The van der Waals surface area contributed by atoms with Crippen LogP contribution in [0.4, 0.5) is 34.1 Å². The first kappa shape index (κ1) is 68.2. The van der Waals surface area contributed by atoms with Crippen LogP contribution in [-0.4, -0.2) is 74.1 Å². The van der Waals surface area contributed by atoms with E-state index in [0.29, 0.717) is 15.5 Å². The summed E-state index contributed by atoms with van der Waals surface area (Å²) < 4.78 is 16.7. The van der Waals surface area contributed by atoms with E-state index in [0.717, 1.165) is 88.9 Å². The predicted molar refractivity (Wildman–Crippen MR) is 330 cm³/mol. The molecule has 0 bridgehead atoms. The first-order valence-corrected chi connectivity index (χ1v) is 27.1. The Kier molecular flexibility index (Phi) is 31.9. The van der Waals surface area contributed by atoms with Gasteiger partial charge in [-0.25, -0.2) is 0 Å². The van der Waals surface area contributed by atoms with Gasteiger partial charge in [-0.05, 0) is 137 Å². The Morgan fingerprint density at radius 3 is 0.934 bits per heavy atom. The molecule has 7 aromatic carbocycles. The fourth-order valence-electron chi connectivity index (χ4n) is 8.87. The van der Waals surface area contributed by atoms with Gasteiger partial charge in [0.05, 0.1) is 21.3 Å². The number of hydrogen-bond donors (Lipinski definition) is 3. The van der Waals surface area contributed by atoms with Crippen LogP contribution in [0, 0.1) is 0 Å². The third kappa shape index (κ3) is 26.3. The molecule has 12 heteroatoms. The van der Waals surface area contributed by atoms with Crippen molar-refractivity contribution in [2.75, 3.05) is 67.9 Å². The van der Waals surface area contributed by atoms with Crippen LogP contribution >= 0.6 is 23.9 Å². The van der Waals surface area contributed by atoms with Gasteiger partial charge in [0.15, 0.2) is 0 Å². The maximum absolute atomic E-state index is 9.00. The van der Waals surface area contributed by atoms with Gasteiger partial charge >= 0.3 is 0 Å². The number of nitrogens with zero attached hydrogens (tertiary/aromatic N) is 2. The number of carboxylic acids is 1. The molecule has 414 valence electrons. The van der Waals surface area contributed by atoms with E-state index in [-0.39, 0.29) is 35.8 Å². The number of ether oxygens (including phenoxy) is 3. The van der Waals surface area contributed by atoms with Crippen molar-refractivity contribution in [1.29, 1.82) is 0 Å². The maximum atomic E-state index is 9.00. The number of hydrogen-bond acceptors (Lipinski definition) is 8. The second kappa shape index (κ2) is 35.5. The van der Waals surface area contributed by atoms with E-state index in [1.165, 1.54) is 0 Å². The molecule has 0 unspecified atom stereocenters. The van der Waals surface area contributed by atoms with Crippen LogP contribution in [0.3, 0.4) is 0 Å². The monoisotopic (exact) mass is 1210 g/mol. The van der Waals surface area contributed by atoms with Crippen LogP contribution in [0.25, 0.3) is 0 Å². The smallest absolute Gasteiger partial charge is 0.300 e. The molecule has 0 heterocycles. The van der Waals surface area contributed by atoms with Crippen molar-refractivity contribution < 1.29 is 44.5 Å². The van der Waals surface area contributed by atoms with E-state index in [2.05, 4.69) is 196 Å². The van der Waals surface area contributed by atoms with Crippen molar-refractivity contribution in [2.24, 2.45) is 0 Å². The Balaban J connectivity index is 0.000000549. The molecule has 76 heavy (non-hydrogen) atoms. The Hall–Kier alpha value is -5.82. The molecule has 0 saturated heterocycles. The summed E-state index contributed by atoms with van der Waals surface area (Å²) >= 11 is 3.32. The Morgan fingerprint density at radius 1 is 0.461 bits per heavy atom. The Morgan fingerprint density at radius 2 is 0.697 bits per heavy atom. The summed E-state index contributed by atoms with van der Waals surface area (Å²) in [5, 5.41) is 15.5. The van der Waals surface area contributed by atoms with Crippen LogP contribution in [0.5, 0.6) is 17.2 Å². The largest absolute Gasteiger partial charge is 0.497 e. The zero-order valence-corrected chi connectivity index (χ0v) is 50.5. The fraction of sp³-hybridized carbons (Fsp3) is 0.328. The first-order chi connectivity index (χ1) is 35.2. The van der Waals surface area contributed by atoms with Crippen LogP contribution in [0.15, 0.2) is 199 Å². The van der Waals surface area contributed by atoms with E-state index >= 15 is 0 Å². The molecule has 0 radical (unpaired) electrons. The molecule has 0 aliphatic heterocycles. The molecule has 0 spiro atoms. The summed E-state index contributed by atoms with van der Waals surface area (Å²) in [5.74, 6) is 1.76. The molecular weight excluding hydrogens is 1120 g/mol. The van der Waals surface area contributed by atoms with Crippen LogP contribution in [-0.2, 0) is 25.2 Å². The number of nitrogens with one attached hydrogen (secondary N) is 2. The summed E-state index contributed by atoms with van der Waals surface area (Å²) in [6, 6.07) is 65.6. The average molecular weight is 1210 g/mol. The van der Waals surface area contributed by atoms with Gasteiger partial charge in [-0.1, -0.05) is 166 Å². The molecule has 0 fully saturated rings. The molecule has 0 amide bonds. The van der Waals surface area contributed by atoms with Gasteiger partial charge in [-0.2, -0.15) is 0 Å². The van der Waals surface area contributed by atoms with Gasteiger partial charge < -0.3 is 39.8 Å². The number of aliphatic carboxylic acids is 1. The van der Waals surface area contributed by atoms with E-state index in [9.17, 15) is 0 Å². The number of para-hydroxylation sites is 4.